The molecule has 4 nitrogen and oxygen atoms in total. The number of carbonyl (C=O) groups is 1. The monoisotopic (exact) mass is 285 g/mol. The van der Waals surface area contributed by atoms with Crippen LogP contribution in [-0.2, 0) is 17.3 Å². The second kappa shape index (κ2) is 6.25. The van der Waals surface area contributed by atoms with Crippen molar-refractivity contribution in [2.24, 2.45) is 0 Å². The van der Waals surface area contributed by atoms with Crippen molar-refractivity contribution in [3.8, 4) is 0 Å². The lowest BCUT2D eigenvalue weighted by molar-refractivity contribution is 0.0692. The third kappa shape index (κ3) is 3.84. The SMILES string of the molecule is O=C(O)c1ccc(CNC2CCS(=O)CC2)cc1F. The molecule has 1 saturated heterocycles. The van der Waals surface area contributed by atoms with E-state index in [1.807, 2.05) is 0 Å². The molecule has 1 heterocycles. The van der Waals surface area contributed by atoms with Gasteiger partial charge in [0, 0.05) is 34.9 Å². The molecule has 0 unspecified atom stereocenters. The Balaban J connectivity index is 1.91. The quantitative estimate of drug-likeness (QED) is 0.880. The summed E-state index contributed by atoms with van der Waals surface area (Å²) in [4.78, 5) is 10.7. The Hall–Kier alpha value is -1.27. The number of hydrogen-bond acceptors (Lipinski definition) is 3. The maximum atomic E-state index is 13.5. The summed E-state index contributed by atoms with van der Waals surface area (Å²) in [7, 11) is -0.686. The van der Waals surface area contributed by atoms with Gasteiger partial charge in [-0.2, -0.15) is 0 Å². The van der Waals surface area contributed by atoms with Crippen LogP contribution in [0.2, 0.25) is 0 Å². The number of hydrogen-bond donors (Lipinski definition) is 2. The molecule has 0 aliphatic carbocycles. The van der Waals surface area contributed by atoms with Crippen LogP contribution in [0.3, 0.4) is 0 Å². The molecular formula is C13H16FNO3S. The fourth-order valence-corrected chi connectivity index (χ4v) is 3.40. The number of aromatic carboxylic acids is 1. The summed E-state index contributed by atoms with van der Waals surface area (Å²) >= 11 is 0. The predicted octanol–water partition coefficient (Wildman–Crippen LogP) is 1.52. The largest absolute Gasteiger partial charge is 0.478 e. The lowest BCUT2D eigenvalue weighted by atomic mass is 10.1. The van der Waals surface area contributed by atoms with Crippen LogP contribution in [0.5, 0.6) is 0 Å². The van der Waals surface area contributed by atoms with Gasteiger partial charge in [-0.15, -0.1) is 0 Å². The molecule has 19 heavy (non-hydrogen) atoms. The molecule has 0 aromatic heterocycles. The number of benzene rings is 1. The Morgan fingerprint density at radius 3 is 2.68 bits per heavy atom. The van der Waals surface area contributed by atoms with Crippen molar-refractivity contribution in [3.63, 3.8) is 0 Å². The van der Waals surface area contributed by atoms with Crippen LogP contribution < -0.4 is 5.32 Å². The van der Waals surface area contributed by atoms with Gasteiger partial charge in [-0.3, -0.25) is 4.21 Å². The predicted molar refractivity (Wildman–Crippen MR) is 71.1 cm³/mol. The zero-order valence-electron chi connectivity index (χ0n) is 10.4. The van der Waals surface area contributed by atoms with Crippen LogP contribution in [0.15, 0.2) is 18.2 Å². The molecule has 2 rings (SSSR count). The van der Waals surface area contributed by atoms with Gasteiger partial charge in [-0.25, -0.2) is 9.18 Å². The van der Waals surface area contributed by atoms with Crippen molar-refractivity contribution in [1.82, 2.24) is 5.32 Å². The summed E-state index contributed by atoms with van der Waals surface area (Å²) in [5.74, 6) is -0.545. The Labute approximate surface area is 113 Å². The molecule has 0 amide bonds. The lowest BCUT2D eigenvalue weighted by Crippen LogP contribution is -2.35. The van der Waals surface area contributed by atoms with Gasteiger partial charge in [0.05, 0.1) is 5.56 Å². The average molecular weight is 285 g/mol. The summed E-state index contributed by atoms with van der Waals surface area (Å²) in [6, 6.07) is 4.45. The standard InChI is InChI=1S/C13H16FNO3S/c14-12-7-9(1-2-11(12)13(16)17)8-15-10-3-5-19(18)6-4-10/h1-2,7,10,15H,3-6,8H2,(H,16,17). The first-order chi connectivity index (χ1) is 9.06. The van der Waals surface area contributed by atoms with Crippen LogP contribution in [0.25, 0.3) is 0 Å². The molecule has 0 bridgehead atoms. The molecule has 1 fully saturated rings. The van der Waals surface area contributed by atoms with E-state index in [4.69, 9.17) is 5.11 Å². The van der Waals surface area contributed by atoms with Crippen LogP contribution in [-0.4, -0.2) is 32.8 Å². The first-order valence-corrected chi connectivity index (χ1v) is 7.65. The minimum absolute atomic E-state index is 0.305. The smallest absolute Gasteiger partial charge is 0.338 e. The normalized spacial score (nSPS) is 23.2. The average Bonchev–Trinajstić information content (AvgIpc) is 2.37. The van der Waals surface area contributed by atoms with E-state index in [1.165, 1.54) is 12.1 Å². The third-order valence-corrected chi connectivity index (χ3v) is 4.63. The molecule has 0 spiro atoms. The number of rotatable bonds is 4. The molecule has 1 aliphatic heterocycles. The second-order valence-corrected chi connectivity index (χ2v) is 6.32. The number of carboxylic acids is 1. The first kappa shape index (κ1) is 14.1. The highest BCUT2D eigenvalue weighted by Gasteiger charge is 2.17. The van der Waals surface area contributed by atoms with Crippen molar-refractivity contribution in [1.29, 1.82) is 0 Å². The molecular weight excluding hydrogens is 269 g/mol. The Bertz CT molecular complexity index is 497. The highest BCUT2D eigenvalue weighted by molar-refractivity contribution is 7.85. The van der Waals surface area contributed by atoms with E-state index in [0.717, 1.165) is 12.8 Å². The highest BCUT2D eigenvalue weighted by atomic mass is 32.2. The Kier molecular flexibility index (Phi) is 4.66. The van der Waals surface area contributed by atoms with Crippen molar-refractivity contribution in [3.05, 3.63) is 35.1 Å². The third-order valence-electron chi connectivity index (χ3n) is 3.25. The van der Waals surface area contributed by atoms with Crippen molar-refractivity contribution in [2.75, 3.05) is 11.5 Å². The fourth-order valence-electron chi connectivity index (χ4n) is 2.10. The second-order valence-electron chi connectivity index (χ2n) is 4.62. The van der Waals surface area contributed by atoms with Crippen molar-refractivity contribution >= 4 is 16.8 Å². The van der Waals surface area contributed by atoms with Gasteiger partial charge in [0.25, 0.3) is 0 Å². The van der Waals surface area contributed by atoms with Gasteiger partial charge in [0.1, 0.15) is 5.82 Å². The van der Waals surface area contributed by atoms with Crippen LogP contribution in [0, 0.1) is 5.82 Å². The van der Waals surface area contributed by atoms with Crippen LogP contribution in [0.4, 0.5) is 4.39 Å². The molecule has 1 aromatic rings. The molecule has 1 aliphatic rings. The van der Waals surface area contributed by atoms with Crippen molar-refractivity contribution in [2.45, 2.75) is 25.4 Å². The van der Waals surface area contributed by atoms with E-state index in [2.05, 4.69) is 5.32 Å². The van der Waals surface area contributed by atoms with E-state index < -0.39 is 22.6 Å². The molecule has 0 atom stereocenters. The van der Waals surface area contributed by atoms with Crippen molar-refractivity contribution < 1.29 is 18.5 Å². The van der Waals surface area contributed by atoms with Gasteiger partial charge in [-0.1, -0.05) is 6.07 Å². The summed E-state index contributed by atoms with van der Waals surface area (Å²) < 4.78 is 24.7. The lowest BCUT2D eigenvalue weighted by Gasteiger charge is -2.22. The summed E-state index contributed by atoms with van der Waals surface area (Å²) in [6.45, 7) is 0.494. The van der Waals surface area contributed by atoms with Gasteiger partial charge < -0.3 is 10.4 Å². The first-order valence-electron chi connectivity index (χ1n) is 6.16. The highest BCUT2D eigenvalue weighted by Crippen LogP contribution is 2.13. The summed E-state index contributed by atoms with van der Waals surface area (Å²) in [5, 5.41) is 12.0. The van der Waals surface area contributed by atoms with Gasteiger partial charge in [0.15, 0.2) is 0 Å². The zero-order valence-corrected chi connectivity index (χ0v) is 11.2. The van der Waals surface area contributed by atoms with Gasteiger partial charge >= 0.3 is 5.97 Å². The summed E-state index contributed by atoms with van der Waals surface area (Å²) in [6.07, 6.45) is 1.73. The molecule has 104 valence electrons. The van der Waals surface area contributed by atoms with Crippen LogP contribution in [0.1, 0.15) is 28.8 Å². The Morgan fingerprint density at radius 1 is 1.42 bits per heavy atom. The number of halogens is 1. The molecule has 1 aromatic carbocycles. The van der Waals surface area contributed by atoms with E-state index >= 15 is 0 Å². The fraction of sp³-hybridized carbons (Fsp3) is 0.462. The van der Waals surface area contributed by atoms with Gasteiger partial charge in [-0.05, 0) is 30.5 Å². The molecule has 0 saturated carbocycles. The van der Waals surface area contributed by atoms with E-state index in [0.29, 0.717) is 29.7 Å². The van der Waals surface area contributed by atoms with Crippen LogP contribution >= 0.6 is 0 Å². The van der Waals surface area contributed by atoms with E-state index in [1.54, 1.807) is 6.07 Å². The maximum absolute atomic E-state index is 13.5. The molecule has 0 radical (unpaired) electrons. The molecule has 2 N–H and O–H groups in total. The number of carboxylic acid groups (broad SMARTS) is 1. The van der Waals surface area contributed by atoms with E-state index in [9.17, 15) is 13.4 Å². The Morgan fingerprint density at radius 2 is 2.11 bits per heavy atom. The minimum atomic E-state index is -1.26. The maximum Gasteiger partial charge on any atom is 0.338 e. The number of nitrogens with one attached hydrogen (secondary N) is 1. The van der Waals surface area contributed by atoms with Gasteiger partial charge in [0.2, 0.25) is 0 Å². The topological polar surface area (TPSA) is 66.4 Å². The minimum Gasteiger partial charge on any atom is -0.478 e. The molecule has 6 heteroatoms. The van der Waals surface area contributed by atoms with E-state index in [-0.39, 0.29) is 5.56 Å². The zero-order chi connectivity index (χ0) is 13.8. The summed E-state index contributed by atoms with van der Waals surface area (Å²) in [5.41, 5.74) is 0.408.